The van der Waals surface area contributed by atoms with E-state index in [-0.39, 0.29) is 32.3 Å². The minimum Gasteiger partial charge on any atom is -0.457 e. The minimum atomic E-state index is -4.29. The molecule has 0 bridgehead atoms. The Kier molecular flexibility index (Phi) is 52.7. The van der Waals surface area contributed by atoms with Gasteiger partial charge in [-0.05, 0) is 83.5 Å². The van der Waals surface area contributed by atoms with E-state index in [1.54, 1.807) is 0 Å². The third-order valence-corrected chi connectivity index (χ3v) is 12.9. The SMILES string of the molecule is CCCCCCC/C=C\C/C=C\C/C=C\CCCCCCCCCCCCC(=O)OC(COCCCCCCCCCCCC/C=C\C/C=C\CCCCCCC)COP(=O)(O)OCCN. The second-order valence-corrected chi connectivity index (χ2v) is 19.9. The summed E-state index contributed by atoms with van der Waals surface area (Å²) in [4.78, 5) is 22.7. The maximum Gasteiger partial charge on any atom is 0.472 e. The van der Waals surface area contributed by atoms with Gasteiger partial charge in [0.05, 0.1) is 19.8 Å². The molecule has 386 valence electrons. The van der Waals surface area contributed by atoms with Gasteiger partial charge in [0.25, 0.3) is 0 Å². The first kappa shape index (κ1) is 64.2. The second-order valence-electron chi connectivity index (χ2n) is 18.4. The fourth-order valence-corrected chi connectivity index (χ4v) is 8.57. The van der Waals surface area contributed by atoms with Gasteiger partial charge in [0.1, 0.15) is 6.10 Å². The number of esters is 1. The third kappa shape index (κ3) is 53.2. The highest BCUT2D eigenvalue weighted by molar-refractivity contribution is 7.47. The van der Waals surface area contributed by atoms with Crippen molar-refractivity contribution in [2.45, 2.75) is 264 Å². The molecule has 0 aromatic heterocycles. The fraction of sp³-hybridized carbons (Fsp3) is 0.807. The summed E-state index contributed by atoms with van der Waals surface area (Å²) in [7, 11) is -4.29. The van der Waals surface area contributed by atoms with Crippen LogP contribution >= 0.6 is 7.82 Å². The Morgan fingerprint density at radius 3 is 1.20 bits per heavy atom. The minimum absolute atomic E-state index is 0.0975. The van der Waals surface area contributed by atoms with E-state index < -0.39 is 13.9 Å². The van der Waals surface area contributed by atoms with Crippen LogP contribution in [-0.2, 0) is 27.9 Å². The number of allylic oxidation sites excluding steroid dienone is 10. The zero-order valence-corrected chi connectivity index (χ0v) is 44.1. The molecule has 0 rings (SSSR count). The molecule has 0 heterocycles. The molecule has 0 spiro atoms. The topological polar surface area (TPSA) is 117 Å². The lowest BCUT2D eigenvalue weighted by molar-refractivity contribution is -0.154. The molecular weight excluding hydrogens is 842 g/mol. The number of phosphoric acid groups is 1. The normalized spacial score (nSPS) is 13.7. The molecule has 0 fully saturated rings. The zero-order valence-electron chi connectivity index (χ0n) is 43.2. The van der Waals surface area contributed by atoms with Crippen LogP contribution < -0.4 is 5.73 Å². The summed E-state index contributed by atoms with van der Waals surface area (Å²) in [5, 5.41) is 0. The average molecular weight is 948 g/mol. The number of hydrogen-bond donors (Lipinski definition) is 2. The molecule has 0 aliphatic carbocycles. The zero-order chi connectivity index (χ0) is 48.0. The summed E-state index contributed by atoms with van der Waals surface area (Å²) in [5.41, 5.74) is 5.40. The second kappa shape index (κ2) is 54.1. The van der Waals surface area contributed by atoms with E-state index in [1.165, 1.54) is 186 Å². The number of carbonyl (C=O) groups excluding carboxylic acids is 1. The Balaban J connectivity index is 3.93. The summed E-state index contributed by atoms with van der Waals surface area (Å²) in [5.74, 6) is -0.334. The van der Waals surface area contributed by atoms with Crippen molar-refractivity contribution >= 4 is 13.8 Å². The van der Waals surface area contributed by atoms with Crippen LogP contribution in [0.4, 0.5) is 0 Å². The third-order valence-electron chi connectivity index (χ3n) is 11.9. The molecule has 0 aromatic carbocycles. The van der Waals surface area contributed by atoms with Crippen molar-refractivity contribution in [3.8, 4) is 0 Å². The summed E-state index contributed by atoms with van der Waals surface area (Å²) >= 11 is 0. The van der Waals surface area contributed by atoms with Crippen molar-refractivity contribution in [1.29, 1.82) is 0 Å². The van der Waals surface area contributed by atoms with Crippen LogP contribution in [0.5, 0.6) is 0 Å². The van der Waals surface area contributed by atoms with Gasteiger partial charge < -0.3 is 20.1 Å². The van der Waals surface area contributed by atoms with E-state index in [9.17, 15) is 14.3 Å². The van der Waals surface area contributed by atoms with E-state index in [0.717, 1.165) is 51.4 Å². The van der Waals surface area contributed by atoms with E-state index in [4.69, 9.17) is 24.3 Å². The highest BCUT2D eigenvalue weighted by Crippen LogP contribution is 2.43. The van der Waals surface area contributed by atoms with Gasteiger partial charge in [0.15, 0.2) is 0 Å². The molecule has 9 heteroatoms. The van der Waals surface area contributed by atoms with Gasteiger partial charge in [-0.1, -0.05) is 229 Å². The van der Waals surface area contributed by atoms with Crippen LogP contribution in [0.2, 0.25) is 0 Å². The smallest absolute Gasteiger partial charge is 0.457 e. The lowest BCUT2D eigenvalue weighted by Crippen LogP contribution is -2.28. The van der Waals surface area contributed by atoms with Crippen molar-refractivity contribution in [2.75, 3.05) is 33.0 Å². The molecule has 8 nitrogen and oxygen atoms in total. The average Bonchev–Trinajstić information content (AvgIpc) is 3.31. The Morgan fingerprint density at radius 1 is 0.455 bits per heavy atom. The van der Waals surface area contributed by atoms with Crippen LogP contribution in [0, 0.1) is 0 Å². The molecule has 0 aromatic rings. The van der Waals surface area contributed by atoms with Crippen LogP contribution in [0.1, 0.15) is 258 Å². The van der Waals surface area contributed by atoms with Crippen LogP contribution in [0.15, 0.2) is 60.8 Å². The Labute approximate surface area is 408 Å². The number of rotatable bonds is 53. The standard InChI is InChI=1S/C57H106NO7P/c1-3-5-7-9-11-13-15-17-19-21-23-25-27-28-29-30-32-34-36-38-40-42-44-46-48-50-57(59)65-56(55-64-66(60,61)63-53-51-58)54-62-52-49-47-45-43-41-39-37-35-33-31-26-24-22-20-18-16-14-12-10-8-6-4-2/h15-18,21-24,27-28,56H,3-14,19-20,25-26,29-55,58H2,1-2H3,(H,60,61)/b17-15-,18-16-,23-21-,24-22-,28-27-. The van der Waals surface area contributed by atoms with Crippen molar-refractivity contribution in [3.05, 3.63) is 60.8 Å². The van der Waals surface area contributed by atoms with E-state index in [0.29, 0.717) is 13.0 Å². The first-order valence-electron chi connectivity index (χ1n) is 27.8. The summed E-state index contributed by atoms with van der Waals surface area (Å²) in [6.07, 6.45) is 68.3. The quantitative estimate of drug-likeness (QED) is 0.0268. The fourth-order valence-electron chi connectivity index (χ4n) is 7.80. The predicted molar refractivity (Wildman–Crippen MR) is 284 cm³/mol. The molecule has 0 aliphatic rings. The Hall–Kier alpha value is -1.80. The predicted octanol–water partition coefficient (Wildman–Crippen LogP) is 17.7. The summed E-state index contributed by atoms with van der Waals surface area (Å²) in [6.45, 7) is 4.92. The van der Waals surface area contributed by atoms with Gasteiger partial charge >= 0.3 is 13.8 Å². The van der Waals surface area contributed by atoms with Crippen molar-refractivity contribution in [2.24, 2.45) is 5.73 Å². The molecule has 66 heavy (non-hydrogen) atoms. The maximum atomic E-state index is 12.7. The monoisotopic (exact) mass is 948 g/mol. The van der Waals surface area contributed by atoms with E-state index >= 15 is 0 Å². The number of phosphoric ester groups is 1. The molecule has 3 N–H and O–H groups in total. The number of nitrogens with two attached hydrogens (primary N) is 1. The first-order chi connectivity index (χ1) is 32.4. The van der Waals surface area contributed by atoms with Gasteiger partial charge in [0.2, 0.25) is 0 Å². The highest BCUT2D eigenvalue weighted by atomic mass is 31.2. The molecule has 0 saturated carbocycles. The van der Waals surface area contributed by atoms with E-state index in [2.05, 4.69) is 74.6 Å². The lowest BCUT2D eigenvalue weighted by Gasteiger charge is -2.20. The Bertz CT molecular complexity index is 1200. The molecule has 0 aliphatic heterocycles. The number of ether oxygens (including phenoxy) is 2. The number of hydrogen-bond acceptors (Lipinski definition) is 7. The molecule has 0 amide bonds. The summed E-state index contributed by atoms with van der Waals surface area (Å²) < 4.78 is 33.7. The number of unbranched alkanes of at least 4 members (excludes halogenated alkanes) is 30. The molecular formula is C57H106NO7P. The van der Waals surface area contributed by atoms with Crippen molar-refractivity contribution in [3.63, 3.8) is 0 Å². The van der Waals surface area contributed by atoms with Crippen molar-refractivity contribution < 1.29 is 32.8 Å². The van der Waals surface area contributed by atoms with E-state index in [1.807, 2.05) is 0 Å². The largest absolute Gasteiger partial charge is 0.472 e. The van der Waals surface area contributed by atoms with Gasteiger partial charge in [-0.25, -0.2) is 4.57 Å². The first-order valence-corrected chi connectivity index (χ1v) is 29.3. The highest BCUT2D eigenvalue weighted by Gasteiger charge is 2.25. The van der Waals surface area contributed by atoms with Gasteiger partial charge in [0, 0.05) is 19.6 Å². The van der Waals surface area contributed by atoms with Gasteiger partial charge in [-0.15, -0.1) is 0 Å². The molecule has 0 saturated heterocycles. The Morgan fingerprint density at radius 2 is 0.803 bits per heavy atom. The van der Waals surface area contributed by atoms with Crippen LogP contribution in [0.3, 0.4) is 0 Å². The number of carbonyl (C=O) groups is 1. The van der Waals surface area contributed by atoms with Crippen LogP contribution in [-0.4, -0.2) is 49.9 Å². The molecule has 2 atom stereocenters. The van der Waals surface area contributed by atoms with Crippen molar-refractivity contribution in [1.82, 2.24) is 0 Å². The summed E-state index contributed by atoms with van der Waals surface area (Å²) in [6, 6.07) is 0. The van der Waals surface area contributed by atoms with Gasteiger partial charge in [-0.3, -0.25) is 13.8 Å². The molecule has 0 radical (unpaired) electrons. The molecule has 2 unspecified atom stereocenters. The maximum absolute atomic E-state index is 12.7. The van der Waals surface area contributed by atoms with Gasteiger partial charge in [-0.2, -0.15) is 0 Å². The lowest BCUT2D eigenvalue weighted by atomic mass is 10.0. The van der Waals surface area contributed by atoms with Crippen LogP contribution in [0.25, 0.3) is 0 Å².